The zero-order chi connectivity index (χ0) is 15.9. The highest BCUT2D eigenvalue weighted by atomic mass is 32.1. The summed E-state index contributed by atoms with van der Waals surface area (Å²) in [6.07, 6.45) is 0.194. The van der Waals surface area contributed by atoms with Gasteiger partial charge in [-0.25, -0.2) is 0 Å². The molecule has 0 fully saturated rings. The van der Waals surface area contributed by atoms with Crippen molar-refractivity contribution in [3.63, 3.8) is 0 Å². The number of anilines is 1. The Morgan fingerprint density at radius 1 is 1.23 bits per heavy atom. The van der Waals surface area contributed by atoms with Crippen molar-refractivity contribution in [2.45, 2.75) is 26.2 Å². The molecule has 5 heteroatoms. The van der Waals surface area contributed by atoms with E-state index in [9.17, 15) is 9.59 Å². The molecule has 116 valence electrons. The number of nitrogens with one attached hydrogen (secondary N) is 1. The summed E-state index contributed by atoms with van der Waals surface area (Å²) in [5.74, 6) is -0.421. The molecule has 0 aliphatic rings. The first kappa shape index (κ1) is 16.2. The van der Waals surface area contributed by atoms with Crippen LogP contribution >= 0.6 is 11.3 Å². The van der Waals surface area contributed by atoms with Crippen molar-refractivity contribution in [3.05, 3.63) is 52.2 Å². The number of thiophene rings is 1. The summed E-state index contributed by atoms with van der Waals surface area (Å²) in [6, 6.07) is 9.49. The van der Waals surface area contributed by atoms with E-state index in [4.69, 9.17) is 4.74 Å². The number of hydrogen-bond acceptors (Lipinski definition) is 4. The van der Waals surface area contributed by atoms with Crippen LogP contribution in [0.15, 0.2) is 41.1 Å². The lowest BCUT2D eigenvalue weighted by molar-refractivity contribution is -0.146. The molecule has 0 unspecified atom stereocenters. The number of rotatable bonds is 6. The minimum absolute atomic E-state index is 0.194. The predicted octanol–water partition coefficient (Wildman–Crippen LogP) is 3.60. The summed E-state index contributed by atoms with van der Waals surface area (Å²) in [5, 5.41) is 6.58. The summed E-state index contributed by atoms with van der Waals surface area (Å²) >= 11 is 1.52. The molecule has 1 amide bonds. The number of ether oxygens (including phenoxy) is 1. The van der Waals surface area contributed by atoms with Crippen LogP contribution in [0.4, 0.5) is 5.69 Å². The molecular formula is C17H19NO3S. The second-order valence-electron chi connectivity index (χ2n) is 5.26. The van der Waals surface area contributed by atoms with E-state index in [1.165, 1.54) is 11.3 Å². The highest BCUT2D eigenvalue weighted by molar-refractivity contribution is 7.07. The molecule has 4 nitrogen and oxygen atoms in total. The van der Waals surface area contributed by atoms with Crippen LogP contribution in [0.25, 0.3) is 0 Å². The number of carbonyl (C=O) groups excluding carboxylic acids is 2. The van der Waals surface area contributed by atoms with Crippen molar-refractivity contribution in [2.24, 2.45) is 0 Å². The molecule has 1 aromatic heterocycles. The molecule has 0 saturated heterocycles. The van der Waals surface area contributed by atoms with Crippen LogP contribution in [0, 0.1) is 0 Å². The molecule has 1 heterocycles. The molecule has 22 heavy (non-hydrogen) atoms. The van der Waals surface area contributed by atoms with Gasteiger partial charge in [0.05, 0.1) is 6.42 Å². The monoisotopic (exact) mass is 317 g/mol. The second-order valence-corrected chi connectivity index (χ2v) is 6.04. The van der Waals surface area contributed by atoms with Gasteiger partial charge in [-0.05, 0) is 39.9 Å². The van der Waals surface area contributed by atoms with Gasteiger partial charge in [0.2, 0.25) is 0 Å². The normalized spacial score (nSPS) is 10.5. The van der Waals surface area contributed by atoms with Gasteiger partial charge in [-0.15, -0.1) is 0 Å². The van der Waals surface area contributed by atoms with Crippen LogP contribution in [-0.4, -0.2) is 18.5 Å². The van der Waals surface area contributed by atoms with Crippen LogP contribution in [0.2, 0.25) is 0 Å². The van der Waals surface area contributed by atoms with E-state index in [1.54, 1.807) is 0 Å². The highest BCUT2D eigenvalue weighted by Crippen LogP contribution is 2.23. The van der Waals surface area contributed by atoms with Crippen molar-refractivity contribution in [2.75, 3.05) is 11.9 Å². The van der Waals surface area contributed by atoms with E-state index in [2.05, 4.69) is 19.2 Å². The Bertz CT molecular complexity index is 635. The standard InChI is InChI=1S/C17H19NO3S/c1-12(2)14-5-3-4-6-15(14)18-16(19)10-21-17(20)9-13-7-8-22-11-13/h3-8,11-12H,9-10H2,1-2H3,(H,18,19). The topological polar surface area (TPSA) is 55.4 Å². The van der Waals surface area contributed by atoms with Crippen LogP contribution in [0.5, 0.6) is 0 Å². The van der Waals surface area contributed by atoms with Gasteiger partial charge in [0.1, 0.15) is 0 Å². The first-order valence-corrected chi connectivity index (χ1v) is 8.06. The minimum Gasteiger partial charge on any atom is -0.455 e. The first-order valence-electron chi connectivity index (χ1n) is 7.11. The Kier molecular flexibility index (Phi) is 5.72. The molecule has 1 aromatic carbocycles. The molecule has 0 aliphatic heterocycles. The van der Waals surface area contributed by atoms with Gasteiger partial charge in [-0.3, -0.25) is 9.59 Å². The third-order valence-corrected chi connectivity index (χ3v) is 3.88. The average molecular weight is 317 g/mol. The fourth-order valence-electron chi connectivity index (χ4n) is 2.06. The van der Waals surface area contributed by atoms with Crippen LogP contribution in [-0.2, 0) is 20.7 Å². The maximum absolute atomic E-state index is 11.9. The van der Waals surface area contributed by atoms with Crippen molar-refractivity contribution < 1.29 is 14.3 Å². The summed E-state index contributed by atoms with van der Waals surface area (Å²) in [4.78, 5) is 23.6. The Labute approximate surface area is 134 Å². The molecular weight excluding hydrogens is 298 g/mol. The van der Waals surface area contributed by atoms with Crippen molar-refractivity contribution in [3.8, 4) is 0 Å². The fraction of sp³-hybridized carbons (Fsp3) is 0.294. The van der Waals surface area contributed by atoms with E-state index in [0.717, 1.165) is 16.8 Å². The quantitative estimate of drug-likeness (QED) is 0.828. The van der Waals surface area contributed by atoms with E-state index in [0.29, 0.717) is 5.92 Å². The molecule has 0 spiro atoms. The minimum atomic E-state index is -0.398. The SMILES string of the molecule is CC(C)c1ccccc1NC(=O)COC(=O)Cc1ccsc1. The Morgan fingerprint density at radius 2 is 2.00 bits per heavy atom. The Balaban J connectivity index is 1.84. The number of amides is 1. The van der Waals surface area contributed by atoms with E-state index in [1.807, 2.05) is 41.1 Å². The molecule has 0 aliphatic carbocycles. The fourth-order valence-corrected chi connectivity index (χ4v) is 2.73. The molecule has 1 N–H and O–H groups in total. The Hall–Kier alpha value is -2.14. The van der Waals surface area contributed by atoms with Crippen LogP contribution in [0.1, 0.15) is 30.9 Å². The largest absolute Gasteiger partial charge is 0.455 e. The highest BCUT2D eigenvalue weighted by Gasteiger charge is 2.12. The number of hydrogen-bond donors (Lipinski definition) is 1. The predicted molar refractivity (Wildman–Crippen MR) is 88.1 cm³/mol. The van der Waals surface area contributed by atoms with Gasteiger partial charge in [0.25, 0.3) is 5.91 Å². The molecule has 0 saturated carbocycles. The molecule has 2 aromatic rings. The molecule has 0 radical (unpaired) electrons. The number of carbonyl (C=O) groups is 2. The second kappa shape index (κ2) is 7.75. The van der Waals surface area contributed by atoms with Gasteiger partial charge >= 0.3 is 5.97 Å². The zero-order valence-corrected chi connectivity index (χ0v) is 13.5. The number of benzene rings is 1. The lowest BCUT2D eigenvalue weighted by Gasteiger charge is -2.13. The molecule has 2 rings (SSSR count). The van der Waals surface area contributed by atoms with Gasteiger partial charge in [0.15, 0.2) is 6.61 Å². The van der Waals surface area contributed by atoms with E-state index in [-0.39, 0.29) is 18.9 Å². The summed E-state index contributed by atoms with van der Waals surface area (Å²) in [5.41, 5.74) is 2.72. The zero-order valence-electron chi connectivity index (χ0n) is 12.7. The third-order valence-electron chi connectivity index (χ3n) is 3.15. The summed E-state index contributed by atoms with van der Waals surface area (Å²) < 4.78 is 5.00. The van der Waals surface area contributed by atoms with Gasteiger partial charge in [-0.1, -0.05) is 32.0 Å². The molecule has 0 bridgehead atoms. The maximum Gasteiger partial charge on any atom is 0.310 e. The molecule has 0 atom stereocenters. The third kappa shape index (κ3) is 4.70. The number of esters is 1. The lowest BCUT2D eigenvalue weighted by Crippen LogP contribution is -2.22. The number of para-hydroxylation sites is 1. The van der Waals surface area contributed by atoms with Gasteiger partial charge in [0, 0.05) is 5.69 Å². The maximum atomic E-state index is 11.9. The Morgan fingerprint density at radius 3 is 2.68 bits per heavy atom. The first-order chi connectivity index (χ1) is 10.6. The van der Waals surface area contributed by atoms with Gasteiger partial charge < -0.3 is 10.1 Å². The van der Waals surface area contributed by atoms with Crippen LogP contribution < -0.4 is 5.32 Å². The van der Waals surface area contributed by atoms with Gasteiger partial charge in [-0.2, -0.15) is 11.3 Å². The van der Waals surface area contributed by atoms with E-state index < -0.39 is 5.97 Å². The average Bonchev–Trinajstić information content (AvgIpc) is 2.98. The lowest BCUT2D eigenvalue weighted by atomic mass is 10.0. The smallest absolute Gasteiger partial charge is 0.310 e. The summed E-state index contributed by atoms with van der Waals surface area (Å²) in [6.45, 7) is 3.85. The van der Waals surface area contributed by atoms with Crippen molar-refractivity contribution in [1.82, 2.24) is 0 Å². The van der Waals surface area contributed by atoms with Crippen molar-refractivity contribution >= 4 is 28.9 Å². The summed E-state index contributed by atoms with van der Waals surface area (Å²) in [7, 11) is 0. The van der Waals surface area contributed by atoms with Crippen LogP contribution in [0.3, 0.4) is 0 Å². The van der Waals surface area contributed by atoms with Crippen molar-refractivity contribution in [1.29, 1.82) is 0 Å². The van der Waals surface area contributed by atoms with E-state index >= 15 is 0 Å².